The summed E-state index contributed by atoms with van der Waals surface area (Å²) in [6, 6.07) is 16.7. The SMILES string of the molecule is O=C(O)[C@@H](O)c1ccccc1.ON[C@@H]1COc2cc(OCc3c(F)cccc3F)ccc21. The molecule has 32 heavy (non-hydrogen) atoms. The van der Waals surface area contributed by atoms with Crippen molar-refractivity contribution in [2.75, 3.05) is 6.61 Å². The molecule has 0 saturated heterocycles. The Balaban J connectivity index is 0.000000222. The van der Waals surface area contributed by atoms with Gasteiger partial charge >= 0.3 is 5.97 Å². The first-order valence-electron chi connectivity index (χ1n) is 9.58. The van der Waals surface area contributed by atoms with Gasteiger partial charge in [-0.2, -0.15) is 5.48 Å². The fourth-order valence-electron chi connectivity index (χ4n) is 2.99. The van der Waals surface area contributed by atoms with Crippen LogP contribution in [0.1, 0.15) is 28.8 Å². The standard InChI is InChI=1S/C15H13F2NO3.C8H8O3/c16-12-2-1-3-13(17)11(12)7-20-9-4-5-10-14(18-19)8-21-15(10)6-9;9-7(8(10)11)6-4-2-1-3-5-6/h1-6,14,18-19H,7-8H2;1-5,7,9H,(H,10,11)/t14-;7-/m10/s1. The van der Waals surface area contributed by atoms with E-state index in [1.54, 1.807) is 48.5 Å². The lowest BCUT2D eigenvalue weighted by Gasteiger charge is -2.10. The minimum Gasteiger partial charge on any atom is -0.491 e. The highest BCUT2D eigenvalue weighted by Gasteiger charge is 2.24. The van der Waals surface area contributed by atoms with Crippen molar-refractivity contribution >= 4 is 5.97 Å². The van der Waals surface area contributed by atoms with Gasteiger partial charge in [0.25, 0.3) is 0 Å². The van der Waals surface area contributed by atoms with Crippen LogP contribution in [-0.4, -0.2) is 28.0 Å². The Hall–Kier alpha value is -3.53. The Bertz CT molecular complexity index is 1040. The fraction of sp³-hybridized carbons (Fsp3) is 0.174. The Morgan fingerprint density at radius 1 is 1.09 bits per heavy atom. The number of halogens is 2. The quantitative estimate of drug-likeness (QED) is 0.428. The Kier molecular flexibility index (Phi) is 7.72. The highest BCUT2D eigenvalue weighted by Crippen LogP contribution is 2.35. The highest BCUT2D eigenvalue weighted by atomic mass is 19.1. The van der Waals surface area contributed by atoms with E-state index in [0.29, 0.717) is 23.7 Å². The molecular weight excluding hydrogens is 424 g/mol. The minimum absolute atomic E-state index is 0.117. The van der Waals surface area contributed by atoms with E-state index in [1.165, 1.54) is 18.2 Å². The fourth-order valence-corrected chi connectivity index (χ4v) is 2.99. The zero-order valence-corrected chi connectivity index (χ0v) is 16.7. The van der Waals surface area contributed by atoms with Crippen LogP contribution in [0.15, 0.2) is 66.7 Å². The average molecular weight is 445 g/mol. The second kappa shape index (κ2) is 10.7. The summed E-state index contributed by atoms with van der Waals surface area (Å²) < 4.78 is 37.8. The van der Waals surface area contributed by atoms with Crippen LogP contribution in [0.4, 0.5) is 8.78 Å². The number of aliphatic hydroxyl groups is 1. The summed E-state index contributed by atoms with van der Waals surface area (Å²) in [5.74, 6) is -1.49. The monoisotopic (exact) mass is 445 g/mol. The van der Waals surface area contributed by atoms with Crippen LogP contribution in [0.5, 0.6) is 11.5 Å². The molecule has 0 spiro atoms. The van der Waals surface area contributed by atoms with Gasteiger partial charge in [0, 0.05) is 11.6 Å². The third kappa shape index (κ3) is 5.58. The molecule has 7 nitrogen and oxygen atoms in total. The number of rotatable bonds is 6. The summed E-state index contributed by atoms with van der Waals surface area (Å²) in [4.78, 5) is 10.2. The van der Waals surface area contributed by atoms with E-state index in [9.17, 15) is 13.6 Å². The van der Waals surface area contributed by atoms with E-state index in [0.717, 1.165) is 5.56 Å². The molecule has 0 radical (unpaired) electrons. The van der Waals surface area contributed by atoms with Crippen LogP contribution in [0.2, 0.25) is 0 Å². The number of hydrogen-bond donors (Lipinski definition) is 4. The smallest absolute Gasteiger partial charge is 0.337 e. The summed E-state index contributed by atoms with van der Waals surface area (Å²) in [5, 5.41) is 26.3. The number of benzene rings is 3. The van der Waals surface area contributed by atoms with Crippen LogP contribution in [0, 0.1) is 11.6 Å². The van der Waals surface area contributed by atoms with E-state index in [-0.39, 0.29) is 18.2 Å². The van der Waals surface area contributed by atoms with Crippen LogP contribution >= 0.6 is 0 Å². The number of nitrogens with one attached hydrogen (secondary N) is 1. The normalized spacial score (nSPS) is 15.1. The van der Waals surface area contributed by atoms with Gasteiger partial charge in [0.2, 0.25) is 0 Å². The third-order valence-corrected chi connectivity index (χ3v) is 4.72. The molecule has 4 rings (SSSR count). The van der Waals surface area contributed by atoms with E-state index >= 15 is 0 Å². The van der Waals surface area contributed by atoms with Crippen LogP contribution < -0.4 is 15.0 Å². The molecule has 2 atom stereocenters. The second-order valence-corrected chi connectivity index (χ2v) is 6.83. The second-order valence-electron chi connectivity index (χ2n) is 6.83. The number of fused-ring (bicyclic) bond motifs is 1. The molecule has 1 aliphatic heterocycles. The number of carboxylic acid groups (broad SMARTS) is 1. The van der Waals surface area contributed by atoms with Crippen molar-refractivity contribution in [3.8, 4) is 11.5 Å². The number of aliphatic hydroxyl groups excluding tert-OH is 1. The molecule has 1 aliphatic rings. The van der Waals surface area contributed by atoms with Crippen LogP contribution in [0.25, 0.3) is 0 Å². The molecule has 0 bridgehead atoms. The van der Waals surface area contributed by atoms with Gasteiger partial charge in [0.15, 0.2) is 6.10 Å². The maximum atomic E-state index is 13.5. The summed E-state index contributed by atoms with van der Waals surface area (Å²) in [6.07, 6.45) is -1.41. The zero-order chi connectivity index (χ0) is 23.1. The van der Waals surface area contributed by atoms with Crippen molar-refractivity contribution in [3.63, 3.8) is 0 Å². The lowest BCUT2D eigenvalue weighted by atomic mass is 10.1. The molecule has 0 saturated carbocycles. The topological polar surface area (TPSA) is 108 Å². The Morgan fingerprint density at radius 2 is 1.78 bits per heavy atom. The number of carboxylic acids is 1. The first-order chi connectivity index (χ1) is 15.4. The molecule has 168 valence electrons. The average Bonchev–Trinajstić information content (AvgIpc) is 3.21. The summed E-state index contributed by atoms with van der Waals surface area (Å²) in [5.41, 5.74) is 3.24. The lowest BCUT2D eigenvalue weighted by molar-refractivity contribution is -0.146. The first kappa shape index (κ1) is 23.1. The third-order valence-electron chi connectivity index (χ3n) is 4.72. The number of hydrogen-bond acceptors (Lipinski definition) is 6. The van der Waals surface area contributed by atoms with Crippen molar-refractivity contribution in [1.82, 2.24) is 5.48 Å². The molecule has 0 amide bonds. The number of hydroxylamine groups is 1. The van der Waals surface area contributed by atoms with Crippen molar-refractivity contribution in [1.29, 1.82) is 0 Å². The molecule has 0 aliphatic carbocycles. The van der Waals surface area contributed by atoms with Gasteiger partial charge < -0.3 is 24.9 Å². The van der Waals surface area contributed by atoms with Crippen molar-refractivity contribution < 1.29 is 38.5 Å². The predicted octanol–water partition coefficient (Wildman–Crippen LogP) is 3.76. The summed E-state index contributed by atoms with van der Waals surface area (Å²) in [7, 11) is 0. The number of carbonyl (C=O) groups is 1. The maximum absolute atomic E-state index is 13.5. The van der Waals surface area contributed by atoms with Gasteiger partial charge in [0.05, 0.1) is 11.6 Å². The zero-order valence-electron chi connectivity index (χ0n) is 16.7. The van der Waals surface area contributed by atoms with Gasteiger partial charge in [-0.1, -0.05) is 36.4 Å². The molecule has 4 N–H and O–H groups in total. The van der Waals surface area contributed by atoms with Crippen molar-refractivity contribution in [2.45, 2.75) is 18.8 Å². The van der Waals surface area contributed by atoms with E-state index in [1.807, 2.05) is 0 Å². The molecule has 0 fully saturated rings. The summed E-state index contributed by atoms with van der Waals surface area (Å²) >= 11 is 0. The number of aliphatic carboxylic acids is 1. The van der Waals surface area contributed by atoms with Gasteiger partial charge in [-0.05, 0) is 29.8 Å². The molecule has 1 heterocycles. The predicted molar refractivity (Wildman–Crippen MR) is 109 cm³/mol. The molecule has 3 aromatic rings. The van der Waals surface area contributed by atoms with Crippen LogP contribution in [-0.2, 0) is 11.4 Å². The summed E-state index contributed by atoms with van der Waals surface area (Å²) in [6.45, 7) is 0.107. The highest BCUT2D eigenvalue weighted by molar-refractivity contribution is 5.73. The molecule has 0 aromatic heterocycles. The van der Waals surface area contributed by atoms with Gasteiger partial charge in [-0.3, -0.25) is 0 Å². The molecular formula is C23H21F2NO6. The van der Waals surface area contributed by atoms with Crippen LogP contribution in [0.3, 0.4) is 0 Å². The van der Waals surface area contributed by atoms with Gasteiger partial charge in [0.1, 0.15) is 36.3 Å². The molecule has 3 aromatic carbocycles. The van der Waals surface area contributed by atoms with E-state index in [2.05, 4.69) is 5.48 Å². The largest absolute Gasteiger partial charge is 0.491 e. The van der Waals surface area contributed by atoms with Gasteiger partial charge in [-0.25, -0.2) is 13.6 Å². The van der Waals surface area contributed by atoms with E-state index in [4.69, 9.17) is 24.9 Å². The van der Waals surface area contributed by atoms with E-state index < -0.39 is 23.7 Å². The molecule has 9 heteroatoms. The number of ether oxygens (including phenoxy) is 2. The first-order valence-corrected chi connectivity index (χ1v) is 9.58. The Labute approximate surface area is 182 Å². The molecule has 0 unspecified atom stereocenters. The minimum atomic E-state index is -1.41. The Morgan fingerprint density at radius 3 is 2.41 bits per heavy atom. The van der Waals surface area contributed by atoms with Crippen molar-refractivity contribution in [2.24, 2.45) is 0 Å². The van der Waals surface area contributed by atoms with Crippen molar-refractivity contribution in [3.05, 3.63) is 95.1 Å². The van der Waals surface area contributed by atoms with Gasteiger partial charge in [-0.15, -0.1) is 0 Å². The maximum Gasteiger partial charge on any atom is 0.337 e. The lowest BCUT2D eigenvalue weighted by Crippen LogP contribution is -2.17.